The maximum Gasteiger partial charge on any atom is 0.259 e. The van der Waals surface area contributed by atoms with Gasteiger partial charge in [0.05, 0.1) is 5.69 Å². The zero-order valence-electron chi connectivity index (χ0n) is 20.6. The Morgan fingerprint density at radius 2 is 1.69 bits per heavy atom. The zero-order chi connectivity index (χ0) is 24.3. The average Bonchev–Trinajstić information content (AvgIpc) is 3.11. The van der Waals surface area contributed by atoms with Crippen LogP contribution >= 0.6 is 0 Å². The van der Waals surface area contributed by atoms with Gasteiger partial charge in [-0.3, -0.25) is 9.69 Å². The van der Waals surface area contributed by atoms with E-state index in [1.165, 1.54) is 19.3 Å². The van der Waals surface area contributed by atoms with E-state index >= 15 is 0 Å². The number of carbonyl (C=O) groups excluding carboxylic acids is 1. The minimum atomic E-state index is -0.0675. The third-order valence-electron chi connectivity index (χ3n) is 7.65. The molecule has 8 heteroatoms. The normalized spacial score (nSPS) is 18.8. The molecule has 8 nitrogen and oxygen atoms in total. The molecule has 0 spiro atoms. The molecule has 0 N–H and O–H groups in total. The number of para-hydroxylation sites is 1. The number of nitrogens with zero attached hydrogens (tertiary/aromatic N) is 6. The summed E-state index contributed by atoms with van der Waals surface area (Å²) in [5.41, 5.74) is 2.67. The average molecular weight is 485 g/mol. The minimum Gasteiger partial charge on any atom is -0.438 e. The van der Waals surface area contributed by atoms with Gasteiger partial charge in [0, 0.05) is 64.1 Å². The fraction of sp³-hybridized carbons (Fsp3) is 0.429. The molecule has 2 fully saturated rings. The van der Waals surface area contributed by atoms with Crippen molar-refractivity contribution in [2.45, 2.75) is 38.1 Å². The molecule has 2 aromatic heterocycles. The van der Waals surface area contributed by atoms with Crippen LogP contribution in [0.15, 0.2) is 54.9 Å². The summed E-state index contributed by atoms with van der Waals surface area (Å²) in [6, 6.07) is 13.8. The van der Waals surface area contributed by atoms with E-state index in [0.29, 0.717) is 36.7 Å². The van der Waals surface area contributed by atoms with Crippen LogP contribution in [0.1, 0.15) is 40.9 Å². The molecule has 1 saturated heterocycles. The highest BCUT2D eigenvalue weighted by molar-refractivity contribution is 5.96. The highest BCUT2D eigenvalue weighted by atomic mass is 16.5. The summed E-state index contributed by atoms with van der Waals surface area (Å²) in [5.74, 6) is 1.75. The van der Waals surface area contributed by atoms with Gasteiger partial charge in [-0.2, -0.15) is 0 Å². The van der Waals surface area contributed by atoms with E-state index in [4.69, 9.17) is 14.7 Å². The van der Waals surface area contributed by atoms with E-state index in [-0.39, 0.29) is 5.91 Å². The molecule has 3 aromatic rings. The molecule has 1 aromatic carbocycles. The number of anilines is 1. The molecule has 1 amide bonds. The van der Waals surface area contributed by atoms with Crippen molar-refractivity contribution in [1.82, 2.24) is 24.8 Å². The van der Waals surface area contributed by atoms with Gasteiger partial charge in [0.2, 0.25) is 11.8 Å². The Kier molecular flexibility index (Phi) is 6.51. The van der Waals surface area contributed by atoms with Gasteiger partial charge < -0.3 is 14.5 Å². The van der Waals surface area contributed by atoms with Gasteiger partial charge in [0.1, 0.15) is 11.3 Å². The molecule has 0 bridgehead atoms. The number of pyridine rings is 1. The Bertz CT molecular complexity index is 1210. The molecular weight excluding hydrogens is 452 g/mol. The number of hydrogen-bond acceptors (Lipinski definition) is 7. The summed E-state index contributed by atoms with van der Waals surface area (Å²) in [7, 11) is 0. The summed E-state index contributed by atoms with van der Waals surface area (Å²) >= 11 is 0. The molecule has 6 rings (SSSR count). The van der Waals surface area contributed by atoms with Crippen LogP contribution in [-0.2, 0) is 12.8 Å². The summed E-state index contributed by atoms with van der Waals surface area (Å²) in [5, 5.41) is 0. The van der Waals surface area contributed by atoms with Gasteiger partial charge in [-0.15, -0.1) is 0 Å². The van der Waals surface area contributed by atoms with Crippen LogP contribution in [0.2, 0.25) is 0 Å². The molecule has 2 aliphatic heterocycles. The van der Waals surface area contributed by atoms with Gasteiger partial charge in [0.15, 0.2) is 0 Å². The van der Waals surface area contributed by atoms with Gasteiger partial charge in [-0.1, -0.05) is 24.6 Å². The lowest BCUT2D eigenvalue weighted by molar-refractivity contribution is 0.0759. The van der Waals surface area contributed by atoms with Gasteiger partial charge in [-0.05, 0) is 49.1 Å². The number of piperazine rings is 1. The summed E-state index contributed by atoms with van der Waals surface area (Å²) in [6.07, 6.45) is 9.15. The monoisotopic (exact) mass is 484 g/mol. The van der Waals surface area contributed by atoms with Crippen LogP contribution in [0.4, 0.5) is 5.95 Å². The van der Waals surface area contributed by atoms with Crippen molar-refractivity contribution in [3.05, 3.63) is 71.7 Å². The van der Waals surface area contributed by atoms with Crippen molar-refractivity contribution in [3.8, 4) is 11.6 Å². The van der Waals surface area contributed by atoms with Crippen LogP contribution in [0.5, 0.6) is 11.6 Å². The van der Waals surface area contributed by atoms with E-state index in [0.717, 1.165) is 55.8 Å². The first-order valence-electron chi connectivity index (χ1n) is 13.1. The molecule has 0 radical (unpaired) electrons. The van der Waals surface area contributed by atoms with Gasteiger partial charge in [0.25, 0.3) is 5.91 Å². The van der Waals surface area contributed by atoms with E-state index in [2.05, 4.69) is 14.8 Å². The summed E-state index contributed by atoms with van der Waals surface area (Å²) in [4.78, 5) is 34.3. The second kappa shape index (κ2) is 10.2. The predicted octanol–water partition coefficient (Wildman–Crippen LogP) is 3.58. The SMILES string of the molecule is O=C(c1cccnc1Oc1ccccc1)N1CCc2cnc(N3CCN(C4CCC4)CC3)nc2CC1. The van der Waals surface area contributed by atoms with Crippen molar-refractivity contribution in [2.75, 3.05) is 44.2 Å². The number of benzene rings is 1. The number of fused-ring (bicyclic) bond motifs is 1. The van der Waals surface area contributed by atoms with Gasteiger partial charge in [-0.25, -0.2) is 15.0 Å². The quantitative estimate of drug-likeness (QED) is 0.548. The maximum atomic E-state index is 13.5. The predicted molar refractivity (Wildman–Crippen MR) is 138 cm³/mol. The molecule has 186 valence electrons. The van der Waals surface area contributed by atoms with Crippen molar-refractivity contribution in [2.24, 2.45) is 0 Å². The second-order valence-corrected chi connectivity index (χ2v) is 9.81. The number of ether oxygens (including phenoxy) is 1. The molecular formula is C28H32N6O2. The number of aromatic nitrogens is 3. The van der Waals surface area contributed by atoms with Crippen molar-refractivity contribution in [1.29, 1.82) is 0 Å². The number of amides is 1. The highest BCUT2D eigenvalue weighted by Gasteiger charge is 2.29. The fourth-order valence-corrected chi connectivity index (χ4v) is 5.26. The second-order valence-electron chi connectivity index (χ2n) is 9.81. The van der Waals surface area contributed by atoms with E-state index in [1.807, 2.05) is 41.4 Å². The first-order chi connectivity index (χ1) is 17.7. The van der Waals surface area contributed by atoms with E-state index in [1.54, 1.807) is 18.3 Å². The Labute approximate surface area is 211 Å². The van der Waals surface area contributed by atoms with Crippen molar-refractivity contribution < 1.29 is 9.53 Å². The lowest BCUT2D eigenvalue weighted by Gasteiger charge is -2.43. The molecule has 0 unspecified atom stereocenters. The first-order valence-corrected chi connectivity index (χ1v) is 13.1. The topological polar surface area (TPSA) is 74.7 Å². The summed E-state index contributed by atoms with van der Waals surface area (Å²) in [6.45, 7) is 5.36. The largest absolute Gasteiger partial charge is 0.438 e. The third kappa shape index (κ3) is 4.78. The minimum absolute atomic E-state index is 0.0675. The molecule has 0 atom stereocenters. The molecule has 1 aliphatic carbocycles. The maximum absolute atomic E-state index is 13.5. The molecule has 36 heavy (non-hydrogen) atoms. The van der Waals surface area contributed by atoms with Crippen molar-refractivity contribution >= 4 is 11.9 Å². The number of rotatable bonds is 5. The standard InChI is InChI=1S/C28H32N6O2/c35-27(24-10-5-13-29-26(24)36-23-8-2-1-3-9-23)33-14-11-21-20-30-28(31-25(21)12-15-33)34-18-16-32(17-19-34)22-6-4-7-22/h1-3,5,8-10,13,20,22H,4,6-7,11-12,14-19H2. The van der Waals surface area contributed by atoms with Crippen LogP contribution in [0, 0.1) is 0 Å². The van der Waals surface area contributed by atoms with Gasteiger partial charge >= 0.3 is 0 Å². The Balaban J connectivity index is 1.12. The Morgan fingerprint density at radius 1 is 0.889 bits per heavy atom. The highest BCUT2D eigenvalue weighted by Crippen LogP contribution is 2.27. The zero-order valence-corrected chi connectivity index (χ0v) is 20.6. The van der Waals surface area contributed by atoms with E-state index < -0.39 is 0 Å². The lowest BCUT2D eigenvalue weighted by Crippen LogP contribution is -2.52. The number of hydrogen-bond donors (Lipinski definition) is 0. The lowest BCUT2D eigenvalue weighted by atomic mass is 9.91. The van der Waals surface area contributed by atoms with E-state index in [9.17, 15) is 4.79 Å². The molecule has 4 heterocycles. The third-order valence-corrected chi connectivity index (χ3v) is 7.65. The smallest absolute Gasteiger partial charge is 0.259 e. The van der Waals surface area contributed by atoms with Crippen molar-refractivity contribution in [3.63, 3.8) is 0 Å². The Morgan fingerprint density at radius 3 is 2.47 bits per heavy atom. The summed E-state index contributed by atoms with van der Waals surface area (Å²) < 4.78 is 5.94. The van der Waals surface area contributed by atoms with Crippen LogP contribution in [-0.4, -0.2) is 76.0 Å². The Hall–Kier alpha value is -3.52. The molecule has 3 aliphatic rings. The van der Waals surface area contributed by atoms with Crippen LogP contribution < -0.4 is 9.64 Å². The first kappa shape index (κ1) is 22.9. The fourth-order valence-electron chi connectivity index (χ4n) is 5.26. The van der Waals surface area contributed by atoms with Crippen LogP contribution in [0.3, 0.4) is 0 Å². The molecule has 1 saturated carbocycles. The van der Waals surface area contributed by atoms with Crippen LogP contribution in [0.25, 0.3) is 0 Å². The number of carbonyl (C=O) groups is 1.